The molecule has 1 aromatic carbocycles. The van der Waals surface area contributed by atoms with Crippen molar-refractivity contribution in [2.24, 2.45) is 18.8 Å². The molecule has 1 aromatic heterocycles. The van der Waals surface area contributed by atoms with Gasteiger partial charge in [0, 0.05) is 12.5 Å². The third-order valence-electron chi connectivity index (χ3n) is 4.12. The minimum atomic E-state index is 0.188. The summed E-state index contributed by atoms with van der Waals surface area (Å²) < 4.78 is 0. The molecule has 2 unspecified atom stereocenters. The highest BCUT2D eigenvalue weighted by Gasteiger charge is 2.26. The zero-order valence-corrected chi connectivity index (χ0v) is 11.7. The van der Waals surface area contributed by atoms with Crippen LogP contribution in [0.3, 0.4) is 0 Å². The molecule has 0 saturated carbocycles. The molecule has 3 N–H and O–H groups in total. The number of aryl methyl sites for hydroxylation is 2. The van der Waals surface area contributed by atoms with Crippen molar-refractivity contribution in [2.75, 3.05) is 0 Å². The van der Waals surface area contributed by atoms with E-state index < -0.39 is 0 Å². The van der Waals surface area contributed by atoms with Gasteiger partial charge in [-0.15, -0.1) is 10.2 Å². The standard InChI is InChI=1S/C14H20N6/c1-20-18-14(17-19-20)9-13(16-15)12-7-6-10-4-2-3-5-11(10)8-12/h2-5,12-13,16H,6-9,15H2,1H3. The zero-order valence-electron chi connectivity index (χ0n) is 11.7. The molecule has 1 heterocycles. The maximum atomic E-state index is 5.75. The molecule has 0 bridgehead atoms. The normalized spacial score (nSPS) is 19.6. The number of benzene rings is 1. The van der Waals surface area contributed by atoms with Gasteiger partial charge in [-0.1, -0.05) is 24.3 Å². The molecule has 1 aliphatic carbocycles. The summed E-state index contributed by atoms with van der Waals surface area (Å²) in [5, 5.41) is 12.2. The third-order valence-corrected chi connectivity index (χ3v) is 4.12. The number of hydrogen-bond donors (Lipinski definition) is 2. The number of hydrogen-bond acceptors (Lipinski definition) is 5. The van der Waals surface area contributed by atoms with Gasteiger partial charge < -0.3 is 0 Å². The average molecular weight is 272 g/mol. The third kappa shape index (κ3) is 2.71. The maximum absolute atomic E-state index is 5.75. The minimum Gasteiger partial charge on any atom is -0.271 e. The molecule has 0 aliphatic heterocycles. The molecular formula is C14H20N6. The van der Waals surface area contributed by atoms with Crippen molar-refractivity contribution in [1.29, 1.82) is 0 Å². The minimum absolute atomic E-state index is 0.188. The number of tetrazole rings is 1. The lowest BCUT2D eigenvalue weighted by molar-refractivity contribution is 0.317. The summed E-state index contributed by atoms with van der Waals surface area (Å²) >= 11 is 0. The first-order valence-corrected chi connectivity index (χ1v) is 7.02. The first kappa shape index (κ1) is 13.2. The molecule has 0 saturated heterocycles. The van der Waals surface area contributed by atoms with Crippen LogP contribution in [0.4, 0.5) is 0 Å². The maximum Gasteiger partial charge on any atom is 0.176 e. The van der Waals surface area contributed by atoms with Gasteiger partial charge >= 0.3 is 0 Å². The van der Waals surface area contributed by atoms with Crippen molar-refractivity contribution in [3.05, 3.63) is 41.2 Å². The smallest absolute Gasteiger partial charge is 0.176 e. The fourth-order valence-electron chi connectivity index (χ4n) is 3.03. The van der Waals surface area contributed by atoms with E-state index in [2.05, 4.69) is 45.1 Å². The van der Waals surface area contributed by atoms with E-state index in [1.165, 1.54) is 15.9 Å². The SMILES string of the molecule is Cn1nnc(CC(NN)C2CCc3ccccc3C2)n1. The van der Waals surface area contributed by atoms with Crippen molar-refractivity contribution in [2.45, 2.75) is 31.7 Å². The van der Waals surface area contributed by atoms with Crippen LogP contribution in [0.1, 0.15) is 23.4 Å². The molecule has 1 aliphatic rings. The van der Waals surface area contributed by atoms with Crippen LogP contribution < -0.4 is 11.3 Å². The van der Waals surface area contributed by atoms with Gasteiger partial charge in [0.2, 0.25) is 0 Å². The predicted molar refractivity (Wildman–Crippen MR) is 75.6 cm³/mol. The molecule has 106 valence electrons. The first-order valence-electron chi connectivity index (χ1n) is 7.02. The molecule has 3 rings (SSSR count). The number of rotatable bonds is 4. The highest BCUT2D eigenvalue weighted by Crippen LogP contribution is 2.28. The van der Waals surface area contributed by atoms with Crippen LogP contribution in [0.15, 0.2) is 24.3 Å². The average Bonchev–Trinajstić information content (AvgIpc) is 2.89. The van der Waals surface area contributed by atoms with E-state index in [1.807, 2.05) is 0 Å². The van der Waals surface area contributed by atoms with Crippen LogP contribution in [-0.4, -0.2) is 26.2 Å². The Labute approximate surface area is 118 Å². The molecule has 6 heteroatoms. The van der Waals surface area contributed by atoms with Crippen molar-refractivity contribution in [1.82, 2.24) is 25.6 Å². The molecular weight excluding hydrogens is 252 g/mol. The molecule has 6 nitrogen and oxygen atoms in total. The Hall–Kier alpha value is -1.79. The van der Waals surface area contributed by atoms with Gasteiger partial charge in [-0.2, -0.15) is 4.80 Å². The summed E-state index contributed by atoms with van der Waals surface area (Å²) in [7, 11) is 1.78. The molecule has 0 radical (unpaired) electrons. The lowest BCUT2D eigenvalue weighted by Crippen LogP contribution is -2.44. The van der Waals surface area contributed by atoms with Crippen LogP contribution in [0, 0.1) is 5.92 Å². The quantitative estimate of drug-likeness (QED) is 0.621. The van der Waals surface area contributed by atoms with E-state index in [1.54, 1.807) is 7.05 Å². The van der Waals surface area contributed by atoms with Gasteiger partial charge in [0.05, 0.1) is 7.05 Å². The van der Waals surface area contributed by atoms with Gasteiger partial charge in [0.1, 0.15) is 0 Å². The Balaban J connectivity index is 1.71. The summed E-state index contributed by atoms with van der Waals surface area (Å²) in [6.45, 7) is 0. The summed E-state index contributed by atoms with van der Waals surface area (Å²) in [5.74, 6) is 7.00. The van der Waals surface area contributed by atoms with Gasteiger partial charge in [-0.05, 0) is 41.5 Å². The zero-order chi connectivity index (χ0) is 13.9. The lowest BCUT2D eigenvalue weighted by atomic mass is 9.79. The molecule has 2 atom stereocenters. The molecule has 2 aromatic rings. The molecule has 0 fully saturated rings. The second-order valence-corrected chi connectivity index (χ2v) is 5.44. The largest absolute Gasteiger partial charge is 0.271 e. The van der Waals surface area contributed by atoms with E-state index >= 15 is 0 Å². The number of nitrogens with zero attached hydrogens (tertiary/aromatic N) is 4. The van der Waals surface area contributed by atoms with Crippen LogP contribution in [0.2, 0.25) is 0 Å². The van der Waals surface area contributed by atoms with Crippen LogP contribution in [0.25, 0.3) is 0 Å². The molecule has 20 heavy (non-hydrogen) atoms. The van der Waals surface area contributed by atoms with E-state index in [9.17, 15) is 0 Å². The Bertz CT molecular complexity index is 579. The van der Waals surface area contributed by atoms with E-state index in [0.29, 0.717) is 5.92 Å². The highest BCUT2D eigenvalue weighted by atomic mass is 15.6. The second kappa shape index (κ2) is 5.68. The van der Waals surface area contributed by atoms with Gasteiger partial charge in [0.25, 0.3) is 0 Å². The van der Waals surface area contributed by atoms with Crippen LogP contribution >= 0.6 is 0 Å². The first-order chi connectivity index (χ1) is 9.76. The topological polar surface area (TPSA) is 81.7 Å². The van der Waals surface area contributed by atoms with Crippen molar-refractivity contribution >= 4 is 0 Å². The van der Waals surface area contributed by atoms with Gasteiger partial charge in [-0.25, -0.2) is 0 Å². The Morgan fingerprint density at radius 2 is 2.20 bits per heavy atom. The Morgan fingerprint density at radius 1 is 1.40 bits per heavy atom. The predicted octanol–water partition coefficient (Wildman–Crippen LogP) is 0.390. The number of aromatic nitrogens is 4. The molecule has 0 spiro atoms. The van der Waals surface area contributed by atoms with Crippen LogP contribution in [-0.2, 0) is 26.3 Å². The monoisotopic (exact) mass is 272 g/mol. The summed E-state index contributed by atoms with van der Waals surface area (Å²) in [6, 6.07) is 8.85. The number of nitrogens with two attached hydrogens (primary N) is 1. The summed E-state index contributed by atoms with van der Waals surface area (Å²) in [5.41, 5.74) is 5.85. The van der Waals surface area contributed by atoms with E-state index in [4.69, 9.17) is 5.84 Å². The number of nitrogens with one attached hydrogen (secondary N) is 1. The molecule has 0 amide bonds. The lowest BCUT2D eigenvalue weighted by Gasteiger charge is -2.30. The van der Waals surface area contributed by atoms with Crippen LogP contribution in [0.5, 0.6) is 0 Å². The van der Waals surface area contributed by atoms with Gasteiger partial charge in [0.15, 0.2) is 5.82 Å². The number of fused-ring (bicyclic) bond motifs is 1. The Morgan fingerprint density at radius 3 is 2.90 bits per heavy atom. The van der Waals surface area contributed by atoms with E-state index in [0.717, 1.165) is 31.5 Å². The number of hydrazine groups is 1. The Kier molecular flexibility index (Phi) is 3.75. The fraction of sp³-hybridized carbons (Fsp3) is 0.500. The fourth-order valence-corrected chi connectivity index (χ4v) is 3.03. The second-order valence-electron chi connectivity index (χ2n) is 5.44. The van der Waals surface area contributed by atoms with E-state index in [-0.39, 0.29) is 6.04 Å². The summed E-state index contributed by atoms with van der Waals surface area (Å²) in [6.07, 6.45) is 4.04. The highest BCUT2D eigenvalue weighted by molar-refractivity contribution is 5.30. The van der Waals surface area contributed by atoms with Gasteiger partial charge in [-0.3, -0.25) is 11.3 Å². The van der Waals surface area contributed by atoms with Crippen molar-refractivity contribution in [3.63, 3.8) is 0 Å². The van der Waals surface area contributed by atoms with Crippen molar-refractivity contribution in [3.8, 4) is 0 Å². The van der Waals surface area contributed by atoms with Crippen molar-refractivity contribution < 1.29 is 0 Å². The summed E-state index contributed by atoms with van der Waals surface area (Å²) in [4.78, 5) is 1.49.